The zero-order valence-electron chi connectivity index (χ0n) is 24.0. The van der Waals surface area contributed by atoms with E-state index in [4.69, 9.17) is 5.10 Å². The summed E-state index contributed by atoms with van der Waals surface area (Å²) in [5.74, 6) is -0.0480. The summed E-state index contributed by atoms with van der Waals surface area (Å²) in [5.41, 5.74) is 7.40. The third-order valence-electron chi connectivity index (χ3n) is 7.43. The zero-order chi connectivity index (χ0) is 29.9. The molecule has 0 saturated carbocycles. The molecule has 1 unspecified atom stereocenters. The topological polar surface area (TPSA) is 67.2 Å². The molecule has 2 heterocycles. The Kier molecular flexibility index (Phi) is 8.11. The highest BCUT2D eigenvalue weighted by atomic mass is 32.2. The molecule has 43 heavy (non-hydrogen) atoms. The van der Waals surface area contributed by atoms with Gasteiger partial charge in [0.25, 0.3) is 0 Å². The van der Waals surface area contributed by atoms with Crippen molar-refractivity contribution >= 4 is 29.4 Å². The maximum absolute atomic E-state index is 13.9. The van der Waals surface area contributed by atoms with Gasteiger partial charge in [0.15, 0.2) is 0 Å². The van der Waals surface area contributed by atoms with E-state index < -0.39 is 0 Å². The summed E-state index contributed by atoms with van der Waals surface area (Å²) in [5, 5.41) is 7.86. The normalized spacial score (nSPS) is 14.7. The Labute approximate surface area is 254 Å². The minimum atomic E-state index is -0.336. The van der Waals surface area contributed by atoms with Crippen molar-refractivity contribution in [1.29, 1.82) is 0 Å². The molecular formula is C35H31FN4O2S. The van der Waals surface area contributed by atoms with Crippen LogP contribution < -0.4 is 10.2 Å². The van der Waals surface area contributed by atoms with E-state index in [-0.39, 0.29) is 41.7 Å². The molecule has 1 aromatic heterocycles. The van der Waals surface area contributed by atoms with Crippen LogP contribution in [0.1, 0.15) is 33.1 Å². The number of aromatic nitrogens is 2. The molecule has 1 aliphatic heterocycles. The number of anilines is 1. The molecule has 8 heteroatoms. The van der Waals surface area contributed by atoms with Crippen LogP contribution in [-0.2, 0) is 16.1 Å². The highest BCUT2D eigenvalue weighted by Gasteiger charge is 2.37. The lowest BCUT2D eigenvalue weighted by Crippen LogP contribution is -2.42. The van der Waals surface area contributed by atoms with Crippen LogP contribution in [0.3, 0.4) is 0 Å². The van der Waals surface area contributed by atoms with Gasteiger partial charge in [0.2, 0.25) is 11.8 Å². The number of hydrogen-bond donors (Lipinski definition) is 1. The maximum Gasteiger partial charge on any atom is 0.240 e. The molecule has 4 aromatic carbocycles. The van der Waals surface area contributed by atoms with E-state index in [9.17, 15) is 14.0 Å². The van der Waals surface area contributed by atoms with Gasteiger partial charge in [0.1, 0.15) is 18.2 Å². The molecular weight excluding hydrogens is 559 g/mol. The smallest absolute Gasteiger partial charge is 0.240 e. The van der Waals surface area contributed by atoms with E-state index in [0.717, 1.165) is 44.8 Å². The molecule has 0 saturated heterocycles. The summed E-state index contributed by atoms with van der Waals surface area (Å²) >= 11 is 1.55. The van der Waals surface area contributed by atoms with Crippen LogP contribution in [0.15, 0.2) is 103 Å². The van der Waals surface area contributed by atoms with Gasteiger partial charge in [-0.3, -0.25) is 14.5 Å². The Morgan fingerprint density at radius 2 is 1.65 bits per heavy atom. The minimum Gasteiger partial charge on any atom is -0.350 e. The lowest BCUT2D eigenvalue weighted by molar-refractivity contribution is -0.123. The first-order chi connectivity index (χ1) is 20.9. The number of amides is 2. The molecule has 6 rings (SSSR count). The van der Waals surface area contributed by atoms with Crippen molar-refractivity contribution in [1.82, 2.24) is 15.1 Å². The van der Waals surface area contributed by atoms with E-state index >= 15 is 0 Å². The molecule has 0 radical (unpaired) electrons. The van der Waals surface area contributed by atoms with Crippen LogP contribution in [0.25, 0.3) is 16.9 Å². The van der Waals surface area contributed by atoms with Crippen LogP contribution in [-0.4, -0.2) is 33.9 Å². The number of carbonyl (C=O) groups excluding carboxylic acids is 2. The number of halogens is 1. The largest absolute Gasteiger partial charge is 0.350 e. The van der Waals surface area contributed by atoms with Crippen molar-refractivity contribution in [2.45, 2.75) is 25.6 Å². The Morgan fingerprint density at radius 3 is 2.37 bits per heavy atom. The summed E-state index contributed by atoms with van der Waals surface area (Å²) in [4.78, 5) is 28.9. The van der Waals surface area contributed by atoms with Crippen molar-refractivity contribution in [2.75, 3.05) is 17.2 Å². The molecule has 1 N–H and O–H groups in total. The predicted molar refractivity (Wildman–Crippen MR) is 170 cm³/mol. The number of nitrogens with one attached hydrogen (secondary N) is 1. The minimum absolute atomic E-state index is 0.174. The fourth-order valence-electron chi connectivity index (χ4n) is 5.37. The number of nitrogens with zero attached hydrogens (tertiary/aromatic N) is 3. The van der Waals surface area contributed by atoms with Gasteiger partial charge in [-0.25, -0.2) is 9.07 Å². The van der Waals surface area contributed by atoms with Crippen molar-refractivity contribution in [2.24, 2.45) is 0 Å². The first-order valence-electron chi connectivity index (χ1n) is 14.1. The number of carbonyl (C=O) groups is 2. The van der Waals surface area contributed by atoms with E-state index in [1.54, 1.807) is 28.8 Å². The molecule has 0 aliphatic carbocycles. The second-order valence-electron chi connectivity index (χ2n) is 10.7. The number of aryl methyl sites for hydroxylation is 2. The van der Waals surface area contributed by atoms with E-state index in [1.165, 1.54) is 12.1 Å². The average molecular weight is 591 g/mol. The van der Waals surface area contributed by atoms with Gasteiger partial charge in [-0.2, -0.15) is 5.10 Å². The third kappa shape index (κ3) is 6.10. The van der Waals surface area contributed by atoms with Crippen molar-refractivity contribution in [3.05, 3.63) is 137 Å². The molecule has 2 amide bonds. The lowest BCUT2D eigenvalue weighted by Gasteiger charge is -2.23. The molecule has 0 bridgehead atoms. The first-order valence-corrected chi connectivity index (χ1v) is 15.2. The fourth-order valence-corrected chi connectivity index (χ4v) is 6.55. The van der Waals surface area contributed by atoms with Gasteiger partial charge < -0.3 is 5.32 Å². The van der Waals surface area contributed by atoms with Gasteiger partial charge in [-0.1, -0.05) is 84.4 Å². The third-order valence-corrected chi connectivity index (χ3v) is 8.69. The quantitative estimate of drug-likeness (QED) is 0.227. The van der Waals surface area contributed by atoms with Crippen LogP contribution in [0.5, 0.6) is 0 Å². The van der Waals surface area contributed by atoms with Gasteiger partial charge in [-0.05, 0) is 54.8 Å². The van der Waals surface area contributed by atoms with Gasteiger partial charge >= 0.3 is 0 Å². The summed E-state index contributed by atoms with van der Waals surface area (Å²) in [6.45, 7) is 4.12. The lowest BCUT2D eigenvalue weighted by atomic mass is 9.98. The van der Waals surface area contributed by atoms with Crippen molar-refractivity contribution < 1.29 is 14.0 Å². The second kappa shape index (κ2) is 12.3. The number of benzene rings is 4. The highest BCUT2D eigenvalue weighted by Crippen LogP contribution is 2.48. The van der Waals surface area contributed by atoms with Gasteiger partial charge in [-0.15, -0.1) is 11.8 Å². The first kappa shape index (κ1) is 28.4. The van der Waals surface area contributed by atoms with Crippen molar-refractivity contribution in [3.8, 4) is 16.9 Å². The Morgan fingerprint density at radius 1 is 0.930 bits per heavy atom. The summed E-state index contributed by atoms with van der Waals surface area (Å²) < 4.78 is 15.2. The van der Waals surface area contributed by atoms with Crippen LogP contribution in [0.4, 0.5) is 10.2 Å². The molecule has 1 atom stereocenters. The standard InChI is InChI=1S/C35H31FN4O2S/c1-23-8-6-12-27(18-23)34-32-33(26-10-4-3-5-11-26)38-40(29-13-7-9-24(2)19-29)35(32)39(31(42)22-43-34)21-30(41)37-20-25-14-16-28(36)17-15-25/h3-19,34H,20-22H2,1-2H3,(H,37,41). The van der Waals surface area contributed by atoms with Crippen LogP contribution >= 0.6 is 11.8 Å². The molecule has 0 fully saturated rings. The van der Waals surface area contributed by atoms with E-state index in [0.29, 0.717) is 5.82 Å². The predicted octanol–water partition coefficient (Wildman–Crippen LogP) is 6.78. The average Bonchev–Trinajstić information content (AvgIpc) is 3.34. The zero-order valence-corrected chi connectivity index (χ0v) is 24.8. The van der Waals surface area contributed by atoms with Crippen LogP contribution in [0, 0.1) is 19.7 Å². The summed E-state index contributed by atoms with van der Waals surface area (Å²) in [7, 11) is 0. The maximum atomic E-state index is 13.9. The van der Waals surface area contributed by atoms with Crippen molar-refractivity contribution in [3.63, 3.8) is 0 Å². The Balaban J connectivity index is 1.50. The second-order valence-corrected chi connectivity index (χ2v) is 11.8. The number of fused-ring (bicyclic) bond motifs is 1. The summed E-state index contributed by atoms with van der Waals surface area (Å²) in [6, 6.07) is 32.2. The SMILES string of the molecule is Cc1cccc(C2SCC(=O)N(CC(=O)NCc3ccc(F)cc3)c3c2c(-c2ccccc2)nn3-c2cccc(C)c2)c1. The van der Waals surface area contributed by atoms with E-state index in [1.807, 2.05) is 72.3 Å². The molecule has 5 aromatic rings. The number of thioether (sulfide) groups is 1. The fraction of sp³-hybridized carbons (Fsp3) is 0.171. The molecule has 0 spiro atoms. The summed E-state index contributed by atoms with van der Waals surface area (Å²) in [6.07, 6.45) is 0. The van der Waals surface area contributed by atoms with Gasteiger partial charge in [0, 0.05) is 17.7 Å². The van der Waals surface area contributed by atoms with Gasteiger partial charge in [0.05, 0.1) is 22.4 Å². The molecule has 1 aliphatic rings. The highest BCUT2D eigenvalue weighted by molar-refractivity contribution is 8.00. The number of hydrogen-bond acceptors (Lipinski definition) is 4. The van der Waals surface area contributed by atoms with Crippen LogP contribution in [0.2, 0.25) is 0 Å². The molecule has 216 valence electrons. The monoisotopic (exact) mass is 590 g/mol. The van der Waals surface area contributed by atoms with E-state index in [2.05, 4.69) is 30.4 Å². The Hall–Kier alpha value is -4.69. The number of rotatable bonds is 7. The Bertz CT molecular complexity index is 1790. The molecule has 6 nitrogen and oxygen atoms in total.